The molecule has 0 aliphatic rings. The Kier molecular flexibility index (Phi) is 4.90. The van der Waals surface area contributed by atoms with Gasteiger partial charge in [-0.15, -0.1) is 0 Å². The number of fused-ring (bicyclic) bond motifs is 1. The molecule has 1 heterocycles. The molecule has 8 heteroatoms. The van der Waals surface area contributed by atoms with E-state index in [0.717, 1.165) is 24.4 Å². The first-order valence-corrected chi connectivity index (χ1v) is 9.69. The average Bonchev–Trinajstić information content (AvgIpc) is 2.75. The van der Waals surface area contributed by atoms with Gasteiger partial charge >= 0.3 is 5.97 Å². The van der Waals surface area contributed by atoms with Crippen molar-refractivity contribution in [3.8, 4) is 5.75 Å². The molecule has 164 valence electrons. The summed E-state index contributed by atoms with van der Waals surface area (Å²) in [5.41, 5.74) is -2.69. The van der Waals surface area contributed by atoms with Crippen molar-refractivity contribution in [1.29, 1.82) is 0 Å². The molecule has 2 N–H and O–H groups in total. The molecule has 0 fully saturated rings. The molecule has 3 aromatic rings. The van der Waals surface area contributed by atoms with Crippen LogP contribution in [0.3, 0.4) is 0 Å². The number of benzene rings is 2. The van der Waals surface area contributed by atoms with E-state index in [1.807, 2.05) is 0 Å². The predicted molar refractivity (Wildman–Crippen MR) is 117 cm³/mol. The van der Waals surface area contributed by atoms with Crippen molar-refractivity contribution in [3.05, 3.63) is 74.3 Å². The lowest BCUT2D eigenvalue weighted by Crippen LogP contribution is -2.25. The van der Waals surface area contributed by atoms with Crippen LogP contribution in [-0.4, -0.2) is 34.4 Å². The highest BCUT2D eigenvalue weighted by molar-refractivity contribution is 6.30. The second-order valence-corrected chi connectivity index (χ2v) is 7.68. The number of halogens is 2. The van der Waals surface area contributed by atoms with Crippen molar-refractivity contribution < 1.29 is 31.0 Å². The minimum Gasteiger partial charge on any atom is -0.496 e. The Morgan fingerprint density at radius 2 is 2.10 bits per heavy atom. The summed E-state index contributed by atoms with van der Waals surface area (Å²) in [6.45, 7) is 3.06. The highest BCUT2D eigenvalue weighted by Crippen LogP contribution is 2.31. The molecular formula is C23H23ClFNO5. The maximum atomic E-state index is 14.8. The summed E-state index contributed by atoms with van der Waals surface area (Å²) in [4.78, 5) is 24.9. The Labute approximate surface area is 190 Å². The van der Waals surface area contributed by atoms with Crippen LogP contribution in [0.2, 0.25) is 5.02 Å². The van der Waals surface area contributed by atoms with Crippen LogP contribution in [0.4, 0.5) is 4.39 Å². The summed E-state index contributed by atoms with van der Waals surface area (Å²) in [7, 11) is -3.05. The molecule has 0 amide bonds. The number of aromatic nitrogens is 1. The second kappa shape index (κ2) is 9.08. The predicted octanol–water partition coefficient (Wildman–Crippen LogP) is 4.28. The third-order valence-electron chi connectivity index (χ3n) is 5.01. The van der Waals surface area contributed by atoms with Gasteiger partial charge in [0.05, 0.1) is 34.3 Å². The van der Waals surface area contributed by atoms with Crippen LogP contribution in [0.5, 0.6) is 5.75 Å². The van der Waals surface area contributed by atoms with Crippen molar-refractivity contribution in [2.24, 2.45) is 5.92 Å². The van der Waals surface area contributed by atoms with Gasteiger partial charge in [-0.1, -0.05) is 37.6 Å². The first kappa shape index (κ1) is 16.8. The molecule has 0 aliphatic carbocycles. The number of pyridine rings is 1. The SMILES string of the molecule is [2H]C([2H])([2H])Oc1cc2c(cc1C([2H])([2H])c1cccc(Cl)c1F)c(=O)c(C(=O)O)cn2[C@H](CO)C(C)C. The molecule has 0 unspecified atom stereocenters. The Morgan fingerprint density at radius 1 is 1.35 bits per heavy atom. The third-order valence-corrected chi connectivity index (χ3v) is 5.30. The molecule has 3 rings (SSSR count). The quantitative estimate of drug-likeness (QED) is 0.558. The van der Waals surface area contributed by atoms with Gasteiger partial charge in [-0.05, 0) is 29.2 Å². The number of carboxylic acid groups (broad SMARTS) is 1. The number of ether oxygens (including phenoxy) is 1. The monoisotopic (exact) mass is 452 g/mol. The van der Waals surface area contributed by atoms with Gasteiger partial charge in [0, 0.05) is 26.8 Å². The van der Waals surface area contributed by atoms with E-state index in [9.17, 15) is 24.2 Å². The lowest BCUT2D eigenvalue weighted by molar-refractivity contribution is 0.0694. The van der Waals surface area contributed by atoms with Crippen LogP contribution in [0, 0.1) is 11.7 Å². The number of nitrogens with zero attached hydrogens (tertiary/aromatic N) is 1. The van der Waals surface area contributed by atoms with Crippen molar-refractivity contribution in [2.45, 2.75) is 26.3 Å². The first-order chi connectivity index (χ1) is 16.6. The largest absolute Gasteiger partial charge is 0.496 e. The fraction of sp³-hybridized carbons (Fsp3) is 0.304. The summed E-state index contributed by atoms with van der Waals surface area (Å²) < 4.78 is 61.2. The number of hydrogen-bond acceptors (Lipinski definition) is 4. The Bertz CT molecular complexity index is 1390. The van der Waals surface area contributed by atoms with Gasteiger partial charge in [0.2, 0.25) is 5.43 Å². The lowest BCUT2D eigenvalue weighted by atomic mass is 9.98. The minimum absolute atomic E-state index is 0.00289. The van der Waals surface area contributed by atoms with Gasteiger partial charge < -0.3 is 19.5 Å². The topological polar surface area (TPSA) is 88.8 Å². The van der Waals surface area contributed by atoms with Crippen molar-refractivity contribution in [3.63, 3.8) is 0 Å². The van der Waals surface area contributed by atoms with Crippen molar-refractivity contribution >= 4 is 28.5 Å². The van der Waals surface area contributed by atoms with Gasteiger partial charge in [-0.2, -0.15) is 0 Å². The summed E-state index contributed by atoms with van der Waals surface area (Å²) in [5, 5.41) is 18.9. The zero-order valence-electron chi connectivity index (χ0n) is 21.6. The lowest BCUT2D eigenvalue weighted by Gasteiger charge is -2.25. The molecule has 0 bridgehead atoms. The Morgan fingerprint density at radius 3 is 2.71 bits per heavy atom. The number of aliphatic hydroxyl groups excluding tert-OH is 1. The molecule has 0 saturated carbocycles. The highest BCUT2D eigenvalue weighted by atomic mass is 35.5. The molecule has 0 aliphatic heterocycles. The smallest absolute Gasteiger partial charge is 0.341 e. The second-order valence-electron chi connectivity index (χ2n) is 7.27. The van der Waals surface area contributed by atoms with Gasteiger partial charge in [0.25, 0.3) is 0 Å². The van der Waals surface area contributed by atoms with E-state index in [-0.39, 0.29) is 21.8 Å². The Hall–Kier alpha value is -2.90. The van der Waals surface area contributed by atoms with Crippen molar-refractivity contribution in [2.75, 3.05) is 13.6 Å². The van der Waals surface area contributed by atoms with Crippen LogP contribution in [0.1, 0.15) is 48.2 Å². The maximum Gasteiger partial charge on any atom is 0.341 e. The number of methoxy groups -OCH3 is 1. The summed E-state index contributed by atoms with van der Waals surface area (Å²) in [5.74, 6) is -3.42. The summed E-state index contributed by atoms with van der Waals surface area (Å²) in [6.07, 6.45) is -1.72. The van der Waals surface area contributed by atoms with E-state index in [0.29, 0.717) is 0 Å². The molecular weight excluding hydrogens is 425 g/mol. The third kappa shape index (κ3) is 4.29. The van der Waals surface area contributed by atoms with E-state index in [4.69, 9.17) is 23.2 Å². The molecule has 1 atom stereocenters. The van der Waals surface area contributed by atoms with E-state index in [1.165, 1.54) is 16.7 Å². The van der Waals surface area contributed by atoms with E-state index >= 15 is 0 Å². The van der Waals surface area contributed by atoms with Crippen LogP contribution < -0.4 is 10.2 Å². The van der Waals surface area contributed by atoms with E-state index in [1.54, 1.807) is 13.8 Å². The number of aromatic carboxylic acids is 1. The van der Waals surface area contributed by atoms with Gasteiger partial charge in [0.15, 0.2) is 0 Å². The standard InChI is InChI=1S/C23H23ClFNO5/c1-12(2)19(11-27)26-10-16(23(29)30)22(28)15-8-14(20(31-3)9-18(15)26)7-13-5-4-6-17(24)21(13)25/h4-6,8-10,12,19,27H,7,11H2,1-3H3,(H,29,30)/t19-/m1/s1/i3D3,7D2. The summed E-state index contributed by atoms with van der Waals surface area (Å²) in [6, 6.07) is 4.92. The number of rotatable bonds is 7. The molecule has 0 radical (unpaired) electrons. The minimum atomic E-state index is -3.05. The van der Waals surface area contributed by atoms with Crippen LogP contribution in [-0.2, 0) is 6.37 Å². The van der Waals surface area contributed by atoms with E-state index in [2.05, 4.69) is 0 Å². The van der Waals surface area contributed by atoms with Gasteiger partial charge in [-0.25, -0.2) is 9.18 Å². The van der Waals surface area contributed by atoms with Crippen molar-refractivity contribution in [1.82, 2.24) is 4.57 Å². The van der Waals surface area contributed by atoms with Crippen LogP contribution in [0.15, 0.2) is 41.3 Å². The molecule has 6 nitrogen and oxygen atoms in total. The van der Waals surface area contributed by atoms with Crippen LogP contribution in [0.25, 0.3) is 10.9 Å². The molecule has 2 aromatic carbocycles. The fourth-order valence-electron chi connectivity index (χ4n) is 3.35. The maximum absolute atomic E-state index is 14.8. The first-order valence-electron chi connectivity index (χ1n) is 11.8. The van der Waals surface area contributed by atoms with E-state index < -0.39 is 65.7 Å². The Balaban J connectivity index is 2.51. The van der Waals surface area contributed by atoms with Crippen LogP contribution >= 0.6 is 11.6 Å². The zero-order valence-corrected chi connectivity index (χ0v) is 17.4. The normalized spacial score (nSPS) is 15.6. The number of aliphatic hydroxyl groups is 1. The molecule has 0 saturated heterocycles. The average molecular weight is 453 g/mol. The molecule has 31 heavy (non-hydrogen) atoms. The highest BCUT2D eigenvalue weighted by Gasteiger charge is 2.23. The van der Waals surface area contributed by atoms with Gasteiger partial charge in [-0.3, -0.25) is 4.79 Å². The molecule has 0 spiro atoms. The molecule has 1 aromatic heterocycles. The van der Waals surface area contributed by atoms with Gasteiger partial charge in [0.1, 0.15) is 17.1 Å². The number of carbonyl (C=O) groups is 1. The number of hydrogen-bond donors (Lipinski definition) is 2. The number of carboxylic acids is 1. The zero-order chi connectivity index (χ0) is 27.2. The summed E-state index contributed by atoms with van der Waals surface area (Å²) >= 11 is 5.83. The fourth-order valence-corrected chi connectivity index (χ4v) is 3.53.